The number of aliphatic hydroxyl groups excluding tert-OH is 1. The van der Waals surface area contributed by atoms with Crippen molar-refractivity contribution in [3.8, 4) is 0 Å². The Morgan fingerprint density at radius 1 is 0.744 bits per heavy atom. The highest BCUT2D eigenvalue weighted by Crippen LogP contribution is 2.21. The molecule has 2 aromatic heterocycles. The van der Waals surface area contributed by atoms with E-state index >= 15 is 0 Å². The van der Waals surface area contributed by atoms with E-state index in [1.165, 1.54) is 6.92 Å². The third kappa shape index (κ3) is 7.40. The summed E-state index contributed by atoms with van der Waals surface area (Å²) in [6.45, 7) is 4.83. The summed E-state index contributed by atoms with van der Waals surface area (Å²) in [6, 6.07) is 9.98. The molecule has 4 rings (SSSR count). The van der Waals surface area contributed by atoms with Gasteiger partial charge in [-0.1, -0.05) is 50.2 Å². The number of nitrogens with one attached hydrogen (secondary N) is 5. The van der Waals surface area contributed by atoms with E-state index in [9.17, 15) is 29.4 Å². The van der Waals surface area contributed by atoms with E-state index in [4.69, 9.17) is 5.73 Å². The lowest BCUT2D eigenvalue weighted by Gasteiger charge is -2.27. The Balaban J connectivity index is 1.59. The maximum Gasteiger partial charge on any atom is 0.326 e. The van der Waals surface area contributed by atoms with Gasteiger partial charge in [-0.05, 0) is 36.1 Å². The average molecular weight is 591 g/mol. The number of aliphatic carboxylic acids is 1. The number of carbonyl (C=O) groups is 4. The third-order valence-corrected chi connectivity index (χ3v) is 7.53. The topological polar surface area (TPSA) is 202 Å². The van der Waals surface area contributed by atoms with Crippen molar-refractivity contribution in [3.05, 3.63) is 72.1 Å². The molecule has 3 amide bonds. The Morgan fingerprint density at radius 2 is 1.23 bits per heavy atom. The SMILES string of the molecule is CC(C)C(N)C(=O)NC(C(=O)NC(Cc1c[nH]c2ccccc12)C(=O)NC(Cc1c[nH]c2ccccc12)C(=O)O)C(C)O. The van der Waals surface area contributed by atoms with Crippen LogP contribution in [0.5, 0.6) is 0 Å². The second-order valence-electron chi connectivity index (χ2n) is 11.1. The standard InChI is InChI=1S/C31H38N6O6/c1-16(2)26(32)29(40)37-27(17(3)38)30(41)35-24(12-18-14-33-22-10-6-4-8-20(18)22)28(39)36-25(31(42)43)13-19-15-34-23-11-7-5-9-21(19)23/h4-11,14-17,24-27,33-34,38H,12-13,32H2,1-3H3,(H,35,41)(H,36,39)(H,37,40)(H,42,43). The number of fused-ring (bicyclic) bond motifs is 2. The first kappa shape index (κ1) is 31.3. The molecule has 5 atom stereocenters. The summed E-state index contributed by atoms with van der Waals surface area (Å²) in [5, 5.41) is 29.7. The lowest BCUT2D eigenvalue weighted by Crippen LogP contribution is -2.60. The molecule has 0 fully saturated rings. The highest BCUT2D eigenvalue weighted by Gasteiger charge is 2.33. The minimum absolute atomic E-state index is 0.00170. The van der Waals surface area contributed by atoms with Gasteiger partial charge in [-0.15, -0.1) is 0 Å². The van der Waals surface area contributed by atoms with Crippen LogP contribution in [-0.2, 0) is 32.0 Å². The molecule has 5 unspecified atom stereocenters. The molecule has 0 saturated heterocycles. The molecule has 0 radical (unpaired) electrons. The molecule has 2 aromatic carbocycles. The van der Waals surface area contributed by atoms with Crippen molar-refractivity contribution in [2.75, 3.05) is 0 Å². The molecule has 0 bridgehead atoms. The molecule has 4 aromatic rings. The van der Waals surface area contributed by atoms with Crippen molar-refractivity contribution in [2.45, 2.75) is 63.9 Å². The van der Waals surface area contributed by atoms with E-state index in [2.05, 4.69) is 25.9 Å². The molecule has 0 aliphatic rings. The molecule has 2 heterocycles. The molecule has 0 spiro atoms. The Kier molecular flexibility index (Phi) is 9.84. The van der Waals surface area contributed by atoms with Crippen LogP contribution in [0, 0.1) is 5.92 Å². The normalized spacial score (nSPS) is 15.0. The van der Waals surface area contributed by atoms with Crippen LogP contribution >= 0.6 is 0 Å². The number of amides is 3. The predicted octanol–water partition coefficient (Wildman–Crippen LogP) is 1.34. The van der Waals surface area contributed by atoms with Crippen molar-refractivity contribution in [2.24, 2.45) is 11.7 Å². The van der Waals surface area contributed by atoms with Crippen LogP contribution in [0.1, 0.15) is 31.9 Å². The number of hydrogen-bond donors (Lipinski definition) is 8. The number of aromatic nitrogens is 2. The van der Waals surface area contributed by atoms with Gasteiger partial charge in [-0.3, -0.25) is 14.4 Å². The number of nitrogens with two attached hydrogens (primary N) is 1. The number of aliphatic hydroxyl groups is 1. The van der Waals surface area contributed by atoms with Gasteiger partial charge in [0.1, 0.15) is 18.1 Å². The maximum atomic E-state index is 13.7. The van der Waals surface area contributed by atoms with Crippen molar-refractivity contribution < 1.29 is 29.4 Å². The summed E-state index contributed by atoms with van der Waals surface area (Å²) >= 11 is 0. The van der Waals surface area contributed by atoms with Crippen molar-refractivity contribution in [1.82, 2.24) is 25.9 Å². The van der Waals surface area contributed by atoms with Crippen molar-refractivity contribution in [1.29, 1.82) is 0 Å². The van der Waals surface area contributed by atoms with Gasteiger partial charge < -0.3 is 41.9 Å². The molecular formula is C31H38N6O6. The van der Waals surface area contributed by atoms with Gasteiger partial charge in [0.2, 0.25) is 17.7 Å². The Labute approximate surface area is 248 Å². The second-order valence-corrected chi connectivity index (χ2v) is 11.1. The van der Waals surface area contributed by atoms with Crippen LogP contribution in [-0.4, -0.2) is 74.1 Å². The first-order valence-corrected chi connectivity index (χ1v) is 14.1. The fourth-order valence-corrected chi connectivity index (χ4v) is 4.94. The monoisotopic (exact) mass is 590 g/mol. The zero-order valence-electron chi connectivity index (χ0n) is 24.3. The summed E-state index contributed by atoms with van der Waals surface area (Å²) in [5.41, 5.74) is 8.99. The first-order valence-electron chi connectivity index (χ1n) is 14.1. The third-order valence-electron chi connectivity index (χ3n) is 7.53. The summed E-state index contributed by atoms with van der Waals surface area (Å²) in [5.74, 6) is -3.64. The number of hydrogen-bond acceptors (Lipinski definition) is 6. The van der Waals surface area contributed by atoms with E-state index in [1.807, 2.05) is 48.5 Å². The molecule has 9 N–H and O–H groups in total. The van der Waals surface area contributed by atoms with E-state index in [1.54, 1.807) is 26.2 Å². The van der Waals surface area contributed by atoms with Gasteiger partial charge in [0.25, 0.3) is 0 Å². The van der Waals surface area contributed by atoms with E-state index < -0.39 is 54.0 Å². The molecule has 228 valence electrons. The van der Waals surface area contributed by atoms with E-state index in [0.29, 0.717) is 11.1 Å². The zero-order valence-corrected chi connectivity index (χ0v) is 24.3. The molecule has 43 heavy (non-hydrogen) atoms. The molecule has 0 aliphatic heterocycles. The van der Waals surface area contributed by atoms with Gasteiger partial charge in [-0.25, -0.2) is 4.79 Å². The van der Waals surface area contributed by atoms with Gasteiger partial charge in [0, 0.05) is 47.0 Å². The highest BCUT2D eigenvalue weighted by atomic mass is 16.4. The Bertz CT molecular complexity index is 1610. The molecular weight excluding hydrogens is 552 g/mol. The second kappa shape index (κ2) is 13.5. The smallest absolute Gasteiger partial charge is 0.326 e. The quantitative estimate of drug-likeness (QED) is 0.115. The van der Waals surface area contributed by atoms with Crippen molar-refractivity contribution in [3.63, 3.8) is 0 Å². The van der Waals surface area contributed by atoms with E-state index in [0.717, 1.165) is 21.8 Å². The Morgan fingerprint density at radius 3 is 1.72 bits per heavy atom. The summed E-state index contributed by atoms with van der Waals surface area (Å²) < 4.78 is 0. The zero-order chi connectivity index (χ0) is 31.3. The molecule has 12 heteroatoms. The minimum Gasteiger partial charge on any atom is -0.480 e. The fraction of sp³-hybridized carbons (Fsp3) is 0.355. The number of rotatable bonds is 13. The van der Waals surface area contributed by atoms with E-state index in [-0.39, 0.29) is 18.8 Å². The molecule has 12 nitrogen and oxygen atoms in total. The summed E-state index contributed by atoms with van der Waals surface area (Å²) in [4.78, 5) is 58.2. The minimum atomic E-state index is -1.41. The fourth-order valence-electron chi connectivity index (χ4n) is 4.94. The van der Waals surface area contributed by atoms with Crippen molar-refractivity contribution >= 4 is 45.5 Å². The van der Waals surface area contributed by atoms with Crippen LogP contribution in [0.3, 0.4) is 0 Å². The predicted molar refractivity (Wildman–Crippen MR) is 162 cm³/mol. The molecule has 0 aliphatic carbocycles. The van der Waals surface area contributed by atoms with Crippen LogP contribution in [0.4, 0.5) is 0 Å². The lowest BCUT2D eigenvalue weighted by atomic mass is 10.0. The number of aromatic amines is 2. The number of carboxylic acid groups (broad SMARTS) is 1. The van der Waals surface area contributed by atoms with Crippen LogP contribution < -0.4 is 21.7 Å². The number of benzene rings is 2. The summed E-state index contributed by atoms with van der Waals surface area (Å²) in [7, 11) is 0. The number of carbonyl (C=O) groups excluding carboxylic acids is 3. The average Bonchev–Trinajstić information content (AvgIpc) is 3.58. The van der Waals surface area contributed by atoms with Crippen LogP contribution in [0.25, 0.3) is 21.8 Å². The molecule has 0 saturated carbocycles. The first-order chi connectivity index (χ1) is 20.5. The number of H-pyrrole nitrogens is 2. The highest BCUT2D eigenvalue weighted by molar-refractivity contribution is 5.95. The van der Waals surface area contributed by atoms with Crippen LogP contribution in [0.15, 0.2) is 60.9 Å². The summed E-state index contributed by atoms with van der Waals surface area (Å²) in [6.07, 6.45) is 2.11. The maximum absolute atomic E-state index is 13.7. The Hall–Kier alpha value is -4.68. The van der Waals surface area contributed by atoms with Gasteiger partial charge >= 0.3 is 5.97 Å². The van der Waals surface area contributed by atoms with Gasteiger partial charge in [0.15, 0.2) is 0 Å². The largest absolute Gasteiger partial charge is 0.480 e. The van der Waals surface area contributed by atoms with Gasteiger partial charge in [0.05, 0.1) is 12.1 Å². The van der Waals surface area contributed by atoms with Gasteiger partial charge in [-0.2, -0.15) is 0 Å². The van der Waals surface area contributed by atoms with Crippen LogP contribution in [0.2, 0.25) is 0 Å². The lowest BCUT2D eigenvalue weighted by molar-refractivity contribution is -0.142. The number of carboxylic acids is 1. The number of para-hydroxylation sites is 2.